The number of aliphatic hydroxyl groups is 1. The highest BCUT2D eigenvalue weighted by atomic mass is 19.4. The average molecular weight is 247 g/mol. The molecule has 0 heterocycles. The zero-order valence-electron chi connectivity index (χ0n) is 9.32. The summed E-state index contributed by atoms with van der Waals surface area (Å²) in [6.45, 7) is 0. The van der Waals surface area contributed by atoms with Crippen LogP contribution in [0.15, 0.2) is 24.3 Å². The fourth-order valence-corrected chi connectivity index (χ4v) is 1.26. The van der Waals surface area contributed by atoms with Crippen molar-refractivity contribution in [1.29, 1.82) is 0 Å². The number of carbonyl (C=O) groups excluding carboxylic acids is 1. The van der Waals surface area contributed by atoms with Gasteiger partial charge in [-0.1, -0.05) is 12.1 Å². The molecule has 3 nitrogen and oxygen atoms in total. The van der Waals surface area contributed by atoms with Gasteiger partial charge in [0.05, 0.1) is 0 Å². The highest BCUT2D eigenvalue weighted by Crippen LogP contribution is 2.32. The Hall–Kier alpha value is -1.56. The second kappa shape index (κ2) is 4.75. The Morgan fingerprint density at radius 1 is 1.24 bits per heavy atom. The molecule has 0 saturated carbocycles. The highest BCUT2D eigenvalue weighted by Gasteiger charge is 2.39. The molecule has 1 N–H and O–H groups in total. The molecule has 17 heavy (non-hydrogen) atoms. The molecule has 0 bridgehead atoms. The van der Waals surface area contributed by atoms with Gasteiger partial charge in [-0.2, -0.15) is 13.2 Å². The largest absolute Gasteiger partial charge is 0.418 e. The topological polar surface area (TPSA) is 40.5 Å². The van der Waals surface area contributed by atoms with Crippen molar-refractivity contribution in [3.63, 3.8) is 0 Å². The van der Waals surface area contributed by atoms with Gasteiger partial charge in [-0.3, -0.25) is 4.79 Å². The maximum absolute atomic E-state index is 12.2. The normalized spacial score (nSPS) is 13.3. The quantitative estimate of drug-likeness (QED) is 0.868. The molecule has 1 amide bonds. The van der Waals surface area contributed by atoms with Gasteiger partial charge in [0.15, 0.2) is 6.10 Å². The molecule has 1 aromatic rings. The lowest BCUT2D eigenvalue weighted by Gasteiger charge is -2.15. The molecule has 94 valence electrons. The first-order valence-corrected chi connectivity index (χ1v) is 4.80. The van der Waals surface area contributed by atoms with E-state index in [1.54, 1.807) is 14.1 Å². The van der Waals surface area contributed by atoms with E-state index in [1.807, 2.05) is 0 Å². The number of benzene rings is 1. The molecule has 0 aliphatic rings. The van der Waals surface area contributed by atoms with Crippen molar-refractivity contribution in [1.82, 2.24) is 4.90 Å². The van der Waals surface area contributed by atoms with Crippen molar-refractivity contribution >= 4 is 5.91 Å². The predicted molar refractivity (Wildman–Crippen MR) is 55.5 cm³/mol. The summed E-state index contributed by atoms with van der Waals surface area (Å²) in [6, 6.07) is 4.70. The number of halogens is 3. The van der Waals surface area contributed by atoms with Crippen molar-refractivity contribution < 1.29 is 23.1 Å². The van der Waals surface area contributed by atoms with Crippen LogP contribution in [0.1, 0.15) is 22.0 Å². The summed E-state index contributed by atoms with van der Waals surface area (Å²) >= 11 is 0. The van der Waals surface area contributed by atoms with E-state index >= 15 is 0 Å². The van der Waals surface area contributed by atoms with Crippen LogP contribution in [0.4, 0.5) is 13.2 Å². The Balaban J connectivity index is 2.93. The fraction of sp³-hybridized carbons (Fsp3) is 0.364. The average Bonchev–Trinajstić information content (AvgIpc) is 2.26. The van der Waals surface area contributed by atoms with Gasteiger partial charge in [0.2, 0.25) is 0 Å². The van der Waals surface area contributed by atoms with E-state index in [0.29, 0.717) is 0 Å². The summed E-state index contributed by atoms with van der Waals surface area (Å²) in [4.78, 5) is 12.8. The van der Waals surface area contributed by atoms with Crippen LogP contribution in [0.5, 0.6) is 0 Å². The van der Waals surface area contributed by atoms with Crippen LogP contribution in [0.2, 0.25) is 0 Å². The Morgan fingerprint density at radius 2 is 1.71 bits per heavy atom. The fourth-order valence-electron chi connectivity index (χ4n) is 1.26. The number of amides is 1. The van der Waals surface area contributed by atoms with Crippen LogP contribution in [0.25, 0.3) is 0 Å². The summed E-state index contributed by atoms with van der Waals surface area (Å²) in [5.74, 6) is -0.307. The van der Waals surface area contributed by atoms with Gasteiger partial charge in [-0.05, 0) is 17.7 Å². The number of alkyl halides is 3. The number of hydrogen-bond acceptors (Lipinski definition) is 2. The Bertz CT molecular complexity index is 398. The molecule has 0 aliphatic carbocycles. The maximum Gasteiger partial charge on any atom is 0.418 e. The minimum absolute atomic E-state index is 0.271. The molecule has 0 aromatic heterocycles. The molecule has 1 atom stereocenters. The first-order valence-electron chi connectivity index (χ1n) is 4.80. The van der Waals surface area contributed by atoms with E-state index in [2.05, 4.69) is 0 Å². The van der Waals surface area contributed by atoms with E-state index in [1.165, 1.54) is 17.0 Å². The molecule has 1 rings (SSSR count). The molecule has 0 radical (unpaired) electrons. The first-order chi connectivity index (χ1) is 7.73. The third-order valence-electron chi connectivity index (χ3n) is 2.19. The van der Waals surface area contributed by atoms with Crippen molar-refractivity contribution in [2.45, 2.75) is 12.3 Å². The van der Waals surface area contributed by atoms with E-state index in [-0.39, 0.29) is 17.0 Å². The smallest absolute Gasteiger partial charge is 0.379 e. The van der Waals surface area contributed by atoms with E-state index < -0.39 is 12.3 Å². The Morgan fingerprint density at radius 3 is 2.06 bits per heavy atom. The van der Waals surface area contributed by atoms with Crippen molar-refractivity contribution in [3.8, 4) is 0 Å². The van der Waals surface area contributed by atoms with Gasteiger partial charge in [0.1, 0.15) is 0 Å². The molecule has 0 fully saturated rings. The lowest BCUT2D eigenvalue weighted by atomic mass is 10.1. The standard InChI is InChI=1S/C11H12F3NO2/c1-15(2)10(17)8-5-3-7(4-6-8)9(16)11(12,13)14/h3-6,9,16H,1-2H3/t9-/m1/s1. The highest BCUT2D eigenvalue weighted by molar-refractivity contribution is 5.93. The predicted octanol–water partition coefficient (Wildman–Crippen LogP) is 1.98. The van der Waals surface area contributed by atoms with Gasteiger partial charge in [-0.25, -0.2) is 0 Å². The number of aliphatic hydroxyl groups excluding tert-OH is 1. The molecule has 1 aromatic carbocycles. The van der Waals surface area contributed by atoms with Crippen molar-refractivity contribution in [3.05, 3.63) is 35.4 Å². The van der Waals surface area contributed by atoms with Gasteiger partial charge < -0.3 is 10.0 Å². The number of nitrogens with zero attached hydrogens (tertiary/aromatic N) is 1. The molecule has 0 spiro atoms. The third kappa shape index (κ3) is 3.20. The zero-order chi connectivity index (χ0) is 13.2. The van der Waals surface area contributed by atoms with Gasteiger partial charge >= 0.3 is 6.18 Å². The van der Waals surface area contributed by atoms with Crippen LogP contribution < -0.4 is 0 Å². The maximum atomic E-state index is 12.2. The molecular formula is C11H12F3NO2. The van der Waals surface area contributed by atoms with Crippen LogP contribution in [0, 0.1) is 0 Å². The van der Waals surface area contributed by atoms with Crippen molar-refractivity contribution in [2.75, 3.05) is 14.1 Å². The Labute approximate surface area is 96.5 Å². The van der Waals surface area contributed by atoms with Crippen molar-refractivity contribution in [2.24, 2.45) is 0 Å². The SMILES string of the molecule is CN(C)C(=O)c1ccc([C@@H](O)C(F)(F)F)cc1. The summed E-state index contributed by atoms with van der Waals surface area (Å²) < 4.78 is 36.6. The lowest BCUT2D eigenvalue weighted by Crippen LogP contribution is -2.22. The van der Waals surface area contributed by atoms with Crippen LogP contribution >= 0.6 is 0 Å². The van der Waals surface area contributed by atoms with E-state index in [4.69, 9.17) is 5.11 Å². The second-order valence-electron chi connectivity index (χ2n) is 3.77. The van der Waals surface area contributed by atoms with Crippen LogP contribution in [-0.4, -0.2) is 36.2 Å². The minimum Gasteiger partial charge on any atom is -0.379 e. The molecule has 0 unspecified atom stereocenters. The Kier molecular flexibility index (Phi) is 3.77. The molecule has 6 heteroatoms. The molecule has 0 aliphatic heterocycles. The third-order valence-corrected chi connectivity index (χ3v) is 2.19. The summed E-state index contributed by atoms with van der Waals surface area (Å²) in [5, 5.41) is 8.98. The van der Waals surface area contributed by atoms with Gasteiger partial charge in [0.25, 0.3) is 5.91 Å². The summed E-state index contributed by atoms with van der Waals surface area (Å²) in [7, 11) is 3.08. The number of rotatable bonds is 2. The first kappa shape index (κ1) is 13.5. The van der Waals surface area contributed by atoms with E-state index in [0.717, 1.165) is 12.1 Å². The zero-order valence-corrected chi connectivity index (χ0v) is 9.32. The van der Waals surface area contributed by atoms with Gasteiger partial charge in [-0.15, -0.1) is 0 Å². The second-order valence-corrected chi connectivity index (χ2v) is 3.77. The monoisotopic (exact) mass is 247 g/mol. The minimum atomic E-state index is -4.70. The van der Waals surface area contributed by atoms with Crippen LogP contribution in [-0.2, 0) is 0 Å². The van der Waals surface area contributed by atoms with E-state index in [9.17, 15) is 18.0 Å². The van der Waals surface area contributed by atoms with Gasteiger partial charge in [0, 0.05) is 19.7 Å². The van der Waals surface area contributed by atoms with Crippen LogP contribution in [0.3, 0.4) is 0 Å². The number of hydrogen-bond donors (Lipinski definition) is 1. The summed E-state index contributed by atoms with van der Waals surface area (Å²) in [6.07, 6.45) is -7.22. The lowest BCUT2D eigenvalue weighted by molar-refractivity contribution is -0.206. The molecule has 0 saturated heterocycles. The number of carbonyl (C=O) groups is 1. The summed E-state index contributed by atoms with van der Waals surface area (Å²) in [5.41, 5.74) is -0.0130. The molecular weight excluding hydrogens is 235 g/mol.